The number of pyridine rings is 1. The first-order valence-electron chi connectivity index (χ1n) is 8.76. The Balaban J connectivity index is 1.52. The summed E-state index contributed by atoms with van der Waals surface area (Å²) in [7, 11) is 0. The Bertz CT molecular complexity index is 971. The van der Waals surface area contributed by atoms with E-state index in [2.05, 4.69) is 10.3 Å². The van der Waals surface area contributed by atoms with E-state index < -0.39 is 0 Å². The number of nitrogens with zero attached hydrogens (tertiary/aromatic N) is 1. The fourth-order valence-electron chi connectivity index (χ4n) is 3.18. The van der Waals surface area contributed by atoms with Crippen molar-refractivity contribution in [3.63, 3.8) is 0 Å². The Kier molecular flexibility index (Phi) is 4.66. The van der Waals surface area contributed by atoms with Crippen molar-refractivity contribution >= 4 is 11.9 Å². The highest BCUT2D eigenvalue weighted by Crippen LogP contribution is 2.31. The van der Waals surface area contributed by atoms with Crippen molar-refractivity contribution in [1.82, 2.24) is 10.3 Å². The van der Waals surface area contributed by atoms with Crippen LogP contribution in [0, 0.1) is 0 Å². The molecule has 1 N–H and O–H groups in total. The molecule has 134 valence electrons. The lowest BCUT2D eigenvalue weighted by Crippen LogP contribution is -2.25. The van der Waals surface area contributed by atoms with Crippen LogP contribution >= 0.6 is 0 Å². The van der Waals surface area contributed by atoms with E-state index in [9.17, 15) is 9.59 Å². The molecule has 0 saturated heterocycles. The second-order valence-electron chi connectivity index (χ2n) is 6.42. The normalized spacial score (nSPS) is 15.6. The summed E-state index contributed by atoms with van der Waals surface area (Å²) in [5.74, 6) is -0.538. The molecule has 1 amide bonds. The van der Waals surface area contributed by atoms with Gasteiger partial charge in [0.15, 0.2) is 0 Å². The summed E-state index contributed by atoms with van der Waals surface area (Å²) >= 11 is 0. The van der Waals surface area contributed by atoms with Gasteiger partial charge in [-0.1, -0.05) is 36.4 Å². The maximum atomic E-state index is 12.5. The van der Waals surface area contributed by atoms with Crippen LogP contribution in [0.5, 0.6) is 0 Å². The predicted octanol–water partition coefficient (Wildman–Crippen LogP) is 3.47. The average molecular weight is 358 g/mol. The SMILES string of the molecule is O=C(NCc1cccnc1)c1ccc2c(c1)C[C@H](c1ccccc1)OC2=O. The van der Waals surface area contributed by atoms with Crippen molar-refractivity contribution in [3.05, 3.63) is 101 Å². The topological polar surface area (TPSA) is 68.3 Å². The molecule has 2 heterocycles. The quantitative estimate of drug-likeness (QED) is 0.725. The predicted molar refractivity (Wildman–Crippen MR) is 100 cm³/mol. The maximum Gasteiger partial charge on any atom is 0.339 e. The van der Waals surface area contributed by atoms with Gasteiger partial charge < -0.3 is 10.1 Å². The van der Waals surface area contributed by atoms with E-state index >= 15 is 0 Å². The van der Waals surface area contributed by atoms with Gasteiger partial charge in [-0.05, 0) is 41.0 Å². The molecule has 27 heavy (non-hydrogen) atoms. The number of amides is 1. The van der Waals surface area contributed by atoms with E-state index in [1.807, 2.05) is 42.5 Å². The van der Waals surface area contributed by atoms with E-state index in [-0.39, 0.29) is 18.0 Å². The summed E-state index contributed by atoms with van der Waals surface area (Å²) in [6, 6.07) is 18.5. The molecule has 0 fully saturated rings. The van der Waals surface area contributed by atoms with Crippen molar-refractivity contribution in [3.8, 4) is 0 Å². The zero-order chi connectivity index (χ0) is 18.6. The van der Waals surface area contributed by atoms with Crippen molar-refractivity contribution in [2.24, 2.45) is 0 Å². The lowest BCUT2D eigenvalue weighted by Gasteiger charge is -2.25. The number of esters is 1. The standard InChI is InChI=1S/C22H18N2O3/c25-21(24-14-15-5-4-10-23-13-15)17-8-9-19-18(11-17)12-20(27-22(19)26)16-6-2-1-3-7-16/h1-11,13,20H,12,14H2,(H,24,25)/t20-/m1/s1. The number of carbonyl (C=O) groups excluding carboxylic acids is 2. The molecule has 2 aromatic carbocycles. The van der Waals surface area contributed by atoms with Crippen LogP contribution in [0.1, 0.15) is 43.5 Å². The van der Waals surface area contributed by atoms with Gasteiger partial charge in [0.05, 0.1) is 5.56 Å². The molecule has 0 radical (unpaired) electrons. The van der Waals surface area contributed by atoms with Crippen molar-refractivity contribution < 1.29 is 14.3 Å². The molecule has 0 aliphatic carbocycles. The lowest BCUT2D eigenvalue weighted by molar-refractivity contribution is 0.0252. The number of hydrogen-bond donors (Lipinski definition) is 1. The number of hydrogen-bond acceptors (Lipinski definition) is 4. The number of benzene rings is 2. The monoisotopic (exact) mass is 358 g/mol. The highest BCUT2D eigenvalue weighted by Gasteiger charge is 2.28. The van der Waals surface area contributed by atoms with Gasteiger partial charge in [0, 0.05) is 30.9 Å². The Morgan fingerprint density at radius 1 is 1.11 bits per heavy atom. The Labute approximate surface area is 157 Å². The summed E-state index contributed by atoms with van der Waals surface area (Å²) < 4.78 is 5.56. The van der Waals surface area contributed by atoms with E-state index in [0.717, 1.165) is 16.7 Å². The second kappa shape index (κ2) is 7.41. The summed E-state index contributed by atoms with van der Waals surface area (Å²) in [5, 5.41) is 2.88. The van der Waals surface area contributed by atoms with Crippen molar-refractivity contribution in [1.29, 1.82) is 0 Å². The number of nitrogens with one attached hydrogen (secondary N) is 1. The fourth-order valence-corrected chi connectivity index (χ4v) is 3.18. The summed E-state index contributed by atoms with van der Waals surface area (Å²) in [6.45, 7) is 0.401. The Hall–Kier alpha value is -3.47. The van der Waals surface area contributed by atoms with E-state index in [1.165, 1.54) is 0 Å². The molecular weight excluding hydrogens is 340 g/mol. The Morgan fingerprint density at radius 3 is 2.74 bits per heavy atom. The lowest BCUT2D eigenvalue weighted by atomic mass is 9.93. The van der Waals surface area contributed by atoms with Gasteiger partial charge in [0.1, 0.15) is 6.10 Å². The zero-order valence-electron chi connectivity index (χ0n) is 14.6. The van der Waals surface area contributed by atoms with Crippen LogP contribution in [-0.2, 0) is 17.7 Å². The maximum absolute atomic E-state index is 12.5. The molecule has 0 bridgehead atoms. The summed E-state index contributed by atoms with van der Waals surface area (Å²) in [6.07, 6.45) is 3.62. The summed E-state index contributed by atoms with van der Waals surface area (Å²) in [5.41, 5.74) is 3.75. The van der Waals surface area contributed by atoms with Gasteiger partial charge in [-0.25, -0.2) is 4.79 Å². The average Bonchev–Trinajstić information content (AvgIpc) is 2.73. The first kappa shape index (κ1) is 17.0. The van der Waals surface area contributed by atoms with Crippen LogP contribution in [0.4, 0.5) is 0 Å². The van der Waals surface area contributed by atoms with Gasteiger partial charge in [-0.2, -0.15) is 0 Å². The van der Waals surface area contributed by atoms with E-state index in [4.69, 9.17) is 4.74 Å². The highest BCUT2D eigenvalue weighted by atomic mass is 16.5. The van der Waals surface area contributed by atoms with Gasteiger partial charge in [-0.15, -0.1) is 0 Å². The molecule has 1 aliphatic rings. The number of fused-ring (bicyclic) bond motifs is 1. The van der Waals surface area contributed by atoms with Crippen LogP contribution < -0.4 is 5.32 Å². The molecule has 0 unspecified atom stereocenters. The van der Waals surface area contributed by atoms with E-state index in [1.54, 1.807) is 30.6 Å². The van der Waals surface area contributed by atoms with Gasteiger partial charge >= 0.3 is 5.97 Å². The van der Waals surface area contributed by atoms with Crippen molar-refractivity contribution in [2.75, 3.05) is 0 Å². The zero-order valence-corrected chi connectivity index (χ0v) is 14.6. The number of aromatic nitrogens is 1. The molecule has 3 aromatic rings. The van der Waals surface area contributed by atoms with Gasteiger partial charge in [0.25, 0.3) is 5.91 Å². The first-order chi connectivity index (χ1) is 13.2. The number of ether oxygens (including phenoxy) is 1. The fraction of sp³-hybridized carbons (Fsp3) is 0.136. The largest absolute Gasteiger partial charge is 0.454 e. The molecular formula is C22H18N2O3. The van der Waals surface area contributed by atoms with Crippen molar-refractivity contribution in [2.45, 2.75) is 19.1 Å². The van der Waals surface area contributed by atoms with Crippen LogP contribution in [0.25, 0.3) is 0 Å². The first-order valence-corrected chi connectivity index (χ1v) is 8.76. The number of carbonyl (C=O) groups is 2. The highest BCUT2D eigenvalue weighted by molar-refractivity contribution is 5.97. The third kappa shape index (κ3) is 3.72. The molecule has 0 saturated carbocycles. The van der Waals surface area contributed by atoms with Crippen LogP contribution in [0.3, 0.4) is 0 Å². The molecule has 1 atom stereocenters. The van der Waals surface area contributed by atoms with Gasteiger partial charge in [-0.3, -0.25) is 9.78 Å². The molecule has 0 spiro atoms. The third-order valence-corrected chi connectivity index (χ3v) is 4.59. The smallest absolute Gasteiger partial charge is 0.339 e. The third-order valence-electron chi connectivity index (χ3n) is 4.59. The molecule has 5 nitrogen and oxygen atoms in total. The minimum absolute atomic E-state index is 0.183. The van der Waals surface area contributed by atoms with Gasteiger partial charge in [0.2, 0.25) is 0 Å². The van der Waals surface area contributed by atoms with Crippen LogP contribution in [-0.4, -0.2) is 16.9 Å². The Morgan fingerprint density at radius 2 is 1.96 bits per heavy atom. The van der Waals surface area contributed by atoms with Crippen LogP contribution in [0.2, 0.25) is 0 Å². The molecule has 1 aromatic heterocycles. The summed E-state index contributed by atoms with van der Waals surface area (Å²) in [4.78, 5) is 28.9. The minimum Gasteiger partial charge on any atom is -0.454 e. The van der Waals surface area contributed by atoms with E-state index in [0.29, 0.717) is 24.1 Å². The number of rotatable bonds is 4. The minimum atomic E-state index is -0.354. The molecule has 4 rings (SSSR count). The van der Waals surface area contributed by atoms with Crippen LogP contribution in [0.15, 0.2) is 73.1 Å². The molecule has 1 aliphatic heterocycles. The number of cyclic esters (lactones) is 1. The molecule has 5 heteroatoms. The second-order valence-corrected chi connectivity index (χ2v) is 6.42.